The third-order valence-electron chi connectivity index (χ3n) is 4.75. The summed E-state index contributed by atoms with van der Waals surface area (Å²) in [7, 11) is 0. The summed E-state index contributed by atoms with van der Waals surface area (Å²) >= 11 is 0. The fourth-order valence-electron chi connectivity index (χ4n) is 3.37. The highest BCUT2D eigenvalue weighted by Crippen LogP contribution is 2.23. The maximum absolute atomic E-state index is 13.5. The number of hydrogen-bond donors (Lipinski definition) is 2. The summed E-state index contributed by atoms with van der Waals surface area (Å²) in [6, 6.07) is 13.0. The third kappa shape index (κ3) is 2.95. The first-order chi connectivity index (χ1) is 11.7. The van der Waals surface area contributed by atoms with Crippen molar-refractivity contribution in [2.75, 3.05) is 36.8 Å². The first kappa shape index (κ1) is 15.0. The molecule has 1 aliphatic heterocycles. The van der Waals surface area contributed by atoms with Gasteiger partial charge >= 0.3 is 0 Å². The van der Waals surface area contributed by atoms with E-state index in [1.165, 1.54) is 11.8 Å². The fourth-order valence-corrected chi connectivity index (χ4v) is 3.37. The van der Waals surface area contributed by atoms with Crippen LogP contribution >= 0.6 is 0 Å². The van der Waals surface area contributed by atoms with Gasteiger partial charge in [-0.2, -0.15) is 0 Å². The van der Waals surface area contributed by atoms with Crippen molar-refractivity contribution in [2.45, 2.75) is 6.54 Å². The van der Waals surface area contributed by atoms with Gasteiger partial charge in [-0.05, 0) is 48.0 Å². The van der Waals surface area contributed by atoms with Crippen LogP contribution in [-0.2, 0) is 6.54 Å². The second kappa shape index (κ2) is 6.17. The van der Waals surface area contributed by atoms with E-state index in [0.29, 0.717) is 0 Å². The Labute approximate surface area is 140 Å². The van der Waals surface area contributed by atoms with Crippen molar-refractivity contribution in [3.8, 4) is 0 Å². The largest absolute Gasteiger partial charge is 0.399 e. The van der Waals surface area contributed by atoms with Gasteiger partial charge in [0, 0.05) is 61.2 Å². The lowest BCUT2D eigenvalue weighted by Gasteiger charge is -2.36. The van der Waals surface area contributed by atoms with Crippen LogP contribution in [0.1, 0.15) is 5.56 Å². The van der Waals surface area contributed by atoms with E-state index in [9.17, 15) is 4.39 Å². The third-order valence-corrected chi connectivity index (χ3v) is 4.75. The molecule has 3 N–H and O–H groups in total. The van der Waals surface area contributed by atoms with E-state index in [1.54, 1.807) is 12.1 Å². The minimum Gasteiger partial charge on any atom is -0.399 e. The molecule has 0 unspecified atom stereocenters. The molecule has 5 heteroatoms. The number of H-pyrrole nitrogens is 1. The van der Waals surface area contributed by atoms with E-state index in [1.807, 2.05) is 18.3 Å². The number of hydrogen-bond acceptors (Lipinski definition) is 3. The molecule has 1 fully saturated rings. The van der Waals surface area contributed by atoms with E-state index in [4.69, 9.17) is 5.73 Å². The van der Waals surface area contributed by atoms with Crippen molar-refractivity contribution in [1.82, 2.24) is 9.88 Å². The summed E-state index contributed by atoms with van der Waals surface area (Å²) in [5.41, 5.74) is 9.92. The van der Waals surface area contributed by atoms with Crippen molar-refractivity contribution < 1.29 is 4.39 Å². The van der Waals surface area contributed by atoms with Gasteiger partial charge < -0.3 is 15.6 Å². The Morgan fingerprint density at radius 2 is 1.75 bits per heavy atom. The number of aromatic nitrogens is 1. The standard InChI is InChI=1S/C19H21FN4/c20-15-1-6-19-18(11-15)14(12-22-19)13-23-7-9-24(10-8-23)17-4-2-16(21)3-5-17/h1-6,11-12,22H,7-10,13,21H2. The van der Waals surface area contributed by atoms with Crippen LogP contribution in [0.4, 0.5) is 15.8 Å². The Balaban J connectivity index is 1.42. The number of halogens is 1. The number of nitrogen functional groups attached to an aromatic ring is 1. The monoisotopic (exact) mass is 324 g/mol. The van der Waals surface area contributed by atoms with Crippen LogP contribution in [0.2, 0.25) is 0 Å². The number of benzene rings is 2. The van der Waals surface area contributed by atoms with Crippen LogP contribution < -0.4 is 10.6 Å². The van der Waals surface area contributed by atoms with Gasteiger partial charge in [0.1, 0.15) is 5.82 Å². The smallest absolute Gasteiger partial charge is 0.123 e. The molecule has 4 rings (SSSR count). The average Bonchev–Trinajstić information content (AvgIpc) is 2.98. The summed E-state index contributed by atoms with van der Waals surface area (Å²) < 4.78 is 13.5. The minimum absolute atomic E-state index is 0.184. The maximum atomic E-state index is 13.5. The van der Waals surface area contributed by atoms with Gasteiger partial charge in [-0.25, -0.2) is 4.39 Å². The zero-order valence-corrected chi connectivity index (χ0v) is 13.5. The van der Waals surface area contributed by atoms with Gasteiger partial charge in [0.25, 0.3) is 0 Å². The summed E-state index contributed by atoms with van der Waals surface area (Å²) in [5.74, 6) is -0.184. The fraction of sp³-hybridized carbons (Fsp3) is 0.263. The highest BCUT2D eigenvalue weighted by molar-refractivity contribution is 5.83. The van der Waals surface area contributed by atoms with E-state index in [2.05, 4.69) is 26.9 Å². The van der Waals surface area contributed by atoms with E-state index in [-0.39, 0.29) is 5.82 Å². The molecule has 1 aromatic heterocycles. The van der Waals surface area contributed by atoms with Crippen LogP contribution in [0.3, 0.4) is 0 Å². The molecule has 0 saturated carbocycles. The van der Waals surface area contributed by atoms with Crippen molar-refractivity contribution >= 4 is 22.3 Å². The Morgan fingerprint density at radius 1 is 1.00 bits per heavy atom. The number of nitrogens with zero attached hydrogens (tertiary/aromatic N) is 2. The predicted molar refractivity (Wildman–Crippen MR) is 96.6 cm³/mol. The SMILES string of the molecule is Nc1ccc(N2CCN(Cc3c[nH]c4ccc(F)cc34)CC2)cc1. The van der Waals surface area contributed by atoms with Gasteiger partial charge in [-0.1, -0.05) is 0 Å². The Morgan fingerprint density at radius 3 is 2.50 bits per heavy atom. The van der Waals surface area contributed by atoms with Crippen LogP contribution in [0, 0.1) is 5.82 Å². The summed E-state index contributed by atoms with van der Waals surface area (Å²) in [4.78, 5) is 8.03. The molecule has 1 saturated heterocycles. The quantitative estimate of drug-likeness (QED) is 0.727. The van der Waals surface area contributed by atoms with E-state index >= 15 is 0 Å². The maximum Gasteiger partial charge on any atom is 0.123 e. The number of piperazine rings is 1. The van der Waals surface area contributed by atoms with Crippen LogP contribution in [-0.4, -0.2) is 36.1 Å². The molecule has 0 atom stereocenters. The second-order valence-corrected chi connectivity index (χ2v) is 6.36. The molecule has 0 aliphatic carbocycles. The van der Waals surface area contributed by atoms with Crippen molar-refractivity contribution in [3.63, 3.8) is 0 Å². The number of anilines is 2. The molecule has 3 aromatic rings. The molecular weight excluding hydrogens is 303 g/mol. The molecule has 24 heavy (non-hydrogen) atoms. The van der Waals surface area contributed by atoms with E-state index in [0.717, 1.165) is 54.9 Å². The zero-order chi connectivity index (χ0) is 16.5. The molecule has 0 radical (unpaired) electrons. The lowest BCUT2D eigenvalue weighted by Crippen LogP contribution is -2.45. The van der Waals surface area contributed by atoms with E-state index < -0.39 is 0 Å². The van der Waals surface area contributed by atoms with Gasteiger partial charge in [0.05, 0.1) is 0 Å². The topological polar surface area (TPSA) is 48.3 Å². The molecule has 2 heterocycles. The Bertz CT molecular complexity index is 832. The molecular formula is C19H21FN4. The van der Waals surface area contributed by atoms with Crippen molar-refractivity contribution in [1.29, 1.82) is 0 Å². The summed E-state index contributed by atoms with van der Waals surface area (Å²) in [6.45, 7) is 4.80. The first-order valence-electron chi connectivity index (χ1n) is 8.27. The zero-order valence-electron chi connectivity index (χ0n) is 13.5. The number of fused-ring (bicyclic) bond motifs is 1. The lowest BCUT2D eigenvalue weighted by molar-refractivity contribution is 0.250. The molecule has 124 valence electrons. The lowest BCUT2D eigenvalue weighted by atomic mass is 10.1. The number of rotatable bonds is 3. The number of nitrogens with two attached hydrogens (primary N) is 1. The van der Waals surface area contributed by atoms with Crippen molar-refractivity contribution in [2.24, 2.45) is 0 Å². The molecule has 1 aliphatic rings. The normalized spacial score (nSPS) is 16.0. The van der Waals surface area contributed by atoms with Gasteiger partial charge in [0.2, 0.25) is 0 Å². The summed E-state index contributed by atoms with van der Waals surface area (Å²) in [5, 5.41) is 0.982. The highest BCUT2D eigenvalue weighted by atomic mass is 19.1. The van der Waals surface area contributed by atoms with Crippen LogP contribution in [0.15, 0.2) is 48.7 Å². The molecule has 4 nitrogen and oxygen atoms in total. The Kier molecular flexibility index (Phi) is 3.86. The summed E-state index contributed by atoms with van der Waals surface area (Å²) in [6.07, 6.45) is 2.00. The first-order valence-corrected chi connectivity index (χ1v) is 8.27. The average molecular weight is 324 g/mol. The van der Waals surface area contributed by atoms with Gasteiger partial charge in [-0.3, -0.25) is 4.90 Å². The molecule has 2 aromatic carbocycles. The van der Waals surface area contributed by atoms with Crippen molar-refractivity contribution in [3.05, 3.63) is 60.0 Å². The number of aromatic amines is 1. The molecule has 0 amide bonds. The number of nitrogens with one attached hydrogen (secondary N) is 1. The molecule has 0 bridgehead atoms. The highest BCUT2D eigenvalue weighted by Gasteiger charge is 2.18. The second-order valence-electron chi connectivity index (χ2n) is 6.36. The van der Waals surface area contributed by atoms with Crippen LogP contribution in [0.25, 0.3) is 10.9 Å². The Hall–Kier alpha value is -2.53. The van der Waals surface area contributed by atoms with Gasteiger partial charge in [-0.15, -0.1) is 0 Å². The molecule has 0 spiro atoms. The van der Waals surface area contributed by atoms with Gasteiger partial charge in [0.15, 0.2) is 0 Å². The predicted octanol–water partition coefficient (Wildman–Crippen LogP) is 3.21. The van der Waals surface area contributed by atoms with Crippen LogP contribution in [0.5, 0.6) is 0 Å². The minimum atomic E-state index is -0.184.